The molecule has 0 saturated heterocycles. The maximum atomic E-state index is 11.4. The molecule has 0 fully saturated rings. The lowest BCUT2D eigenvalue weighted by atomic mass is 10.1. The highest BCUT2D eigenvalue weighted by Crippen LogP contribution is 2.31. The number of nitrogens with zero attached hydrogens (tertiary/aromatic N) is 1. The van der Waals surface area contributed by atoms with E-state index in [9.17, 15) is 9.59 Å². The summed E-state index contributed by atoms with van der Waals surface area (Å²) in [5, 5.41) is 11.9. The summed E-state index contributed by atoms with van der Waals surface area (Å²) in [6.07, 6.45) is 1.93. The van der Waals surface area contributed by atoms with Gasteiger partial charge in [-0.25, -0.2) is 0 Å². The zero-order valence-corrected chi connectivity index (χ0v) is 15.8. The number of carbonyl (C=O) groups is 2. The van der Waals surface area contributed by atoms with E-state index < -0.39 is 5.97 Å². The molecule has 0 unspecified atom stereocenters. The summed E-state index contributed by atoms with van der Waals surface area (Å²) in [5.74, 6) is -1.02. The minimum Gasteiger partial charge on any atom is -0.480 e. The van der Waals surface area contributed by atoms with Crippen molar-refractivity contribution >= 4 is 49.4 Å². The second-order valence-corrected chi connectivity index (χ2v) is 6.83. The van der Waals surface area contributed by atoms with Crippen LogP contribution in [-0.4, -0.2) is 35.0 Å². The number of halogens is 2. The van der Waals surface area contributed by atoms with Gasteiger partial charge in [-0.3, -0.25) is 14.5 Å². The Balaban J connectivity index is 3.05. The number of unbranched alkanes of at least 4 members (excludes halogenated alkanes) is 1. The van der Waals surface area contributed by atoms with Crippen molar-refractivity contribution in [1.82, 2.24) is 4.90 Å². The first-order valence-electron chi connectivity index (χ1n) is 7.03. The second kappa shape index (κ2) is 9.27. The van der Waals surface area contributed by atoms with E-state index in [2.05, 4.69) is 44.1 Å². The number of anilines is 1. The van der Waals surface area contributed by atoms with Gasteiger partial charge in [0.1, 0.15) is 0 Å². The zero-order chi connectivity index (χ0) is 16.7. The minimum atomic E-state index is -0.855. The molecular formula is C15H20Br2N2O3. The molecule has 0 radical (unpaired) electrons. The molecular weight excluding hydrogens is 416 g/mol. The predicted molar refractivity (Wildman–Crippen MR) is 94.0 cm³/mol. The number of nitrogens with one attached hydrogen (secondary N) is 1. The molecule has 0 aliphatic carbocycles. The molecule has 1 rings (SSSR count). The molecule has 0 saturated carbocycles. The van der Waals surface area contributed by atoms with Crippen molar-refractivity contribution in [1.29, 1.82) is 0 Å². The Morgan fingerprint density at radius 2 is 2.00 bits per heavy atom. The molecule has 0 spiro atoms. The molecule has 2 N–H and O–H groups in total. The quantitative estimate of drug-likeness (QED) is 0.650. The Hall–Kier alpha value is -0.920. The van der Waals surface area contributed by atoms with Gasteiger partial charge in [0.05, 0.1) is 12.2 Å². The average Bonchev–Trinajstić information content (AvgIpc) is 2.39. The summed E-state index contributed by atoms with van der Waals surface area (Å²) in [7, 11) is 0. The van der Waals surface area contributed by atoms with Gasteiger partial charge in [0.15, 0.2) is 0 Å². The smallest absolute Gasteiger partial charge is 0.317 e. The van der Waals surface area contributed by atoms with Gasteiger partial charge in [-0.05, 0) is 46.6 Å². The summed E-state index contributed by atoms with van der Waals surface area (Å²) in [6.45, 7) is 4.65. The highest BCUT2D eigenvalue weighted by Gasteiger charge is 2.15. The van der Waals surface area contributed by atoms with E-state index in [1.165, 1.54) is 6.92 Å². The van der Waals surface area contributed by atoms with Gasteiger partial charge in [0, 0.05) is 22.4 Å². The molecule has 1 aromatic carbocycles. The van der Waals surface area contributed by atoms with Crippen LogP contribution in [0.15, 0.2) is 21.1 Å². The van der Waals surface area contributed by atoms with Crippen LogP contribution in [0.3, 0.4) is 0 Å². The Morgan fingerprint density at radius 1 is 1.32 bits per heavy atom. The molecule has 0 heterocycles. The molecule has 0 aliphatic heterocycles. The zero-order valence-electron chi connectivity index (χ0n) is 12.7. The van der Waals surface area contributed by atoms with Crippen LogP contribution in [0.1, 0.15) is 32.3 Å². The molecule has 1 amide bonds. The van der Waals surface area contributed by atoms with Crippen molar-refractivity contribution < 1.29 is 14.7 Å². The fourth-order valence-electron chi connectivity index (χ4n) is 2.10. The highest BCUT2D eigenvalue weighted by atomic mass is 79.9. The van der Waals surface area contributed by atoms with E-state index in [1.54, 1.807) is 0 Å². The Kier molecular flexibility index (Phi) is 8.06. The Labute approximate surface area is 147 Å². The first-order chi connectivity index (χ1) is 10.3. The topological polar surface area (TPSA) is 69.6 Å². The van der Waals surface area contributed by atoms with Crippen LogP contribution in [0.4, 0.5) is 5.69 Å². The standard InChI is InChI=1S/C15H20Br2N2O3/c1-3-4-5-19(9-14(21)22)8-11-6-12(16)7-13(17)15(11)18-10(2)20/h6-7H,3-5,8-9H2,1-2H3,(H,18,20)(H,21,22). The largest absolute Gasteiger partial charge is 0.480 e. The average molecular weight is 436 g/mol. The van der Waals surface area contributed by atoms with Crippen LogP contribution in [0, 0.1) is 0 Å². The van der Waals surface area contributed by atoms with Gasteiger partial charge in [0.2, 0.25) is 5.91 Å². The minimum absolute atomic E-state index is 0.0242. The fraction of sp³-hybridized carbons (Fsp3) is 0.467. The lowest BCUT2D eigenvalue weighted by Crippen LogP contribution is -2.30. The van der Waals surface area contributed by atoms with Gasteiger partial charge < -0.3 is 10.4 Å². The third-order valence-corrected chi connectivity index (χ3v) is 4.10. The van der Waals surface area contributed by atoms with E-state index in [0.29, 0.717) is 18.8 Å². The SMILES string of the molecule is CCCCN(CC(=O)O)Cc1cc(Br)cc(Br)c1NC(C)=O. The van der Waals surface area contributed by atoms with Crippen molar-refractivity contribution in [3.63, 3.8) is 0 Å². The number of rotatable bonds is 8. The molecule has 0 bridgehead atoms. The van der Waals surface area contributed by atoms with Gasteiger partial charge in [-0.15, -0.1) is 0 Å². The maximum absolute atomic E-state index is 11.4. The van der Waals surface area contributed by atoms with Crippen molar-refractivity contribution in [2.45, 2.75) is 33.2 Å². The van der Waals surface area contributed by atoms with Crippen molar-refractivity contribution in [2.75, 3.05) is 18.4 Å². The number of benzene rings is 1. The van der Waals surface area contributed by atoms with E-state index in [1.807, 2.05) is 17.0 Å². The highest BCUT2D eigenvalue weighted by molar-refractivity contribution is 9.11. The van der Waals surface area contributed by atoms with Crippen molar-refractivity contribution in [3.8, 4) is 0 Å². The van der Waals surface area contributed by atoms with E-state index in [0.717, 1.165) is 27.4 Å². The summed E-state index contributed by atoms with van der Waals surface area (Å²) in [4.78, 5) is 24.3. The van der Waals surface area contributed by atoms with Crippen LogP contribution in [0.5, 0.6) is 0 Å². The third kappa shape index (κ3) is 6.46. The van der Waals surface area contributed by atoms with Gasteiger partial charge in [-0.2, -0.15) is 0 Å². The molecule has 7 heteroatoms. The van der Waals surface area contributed by atoms with Crippen LogP contribution < -0.4 is 5.32 Å². The van der Waals surface area contributed by atoms with Gasteiger partial charge >= 0.3 is 5.97 Å². The Morgan fingerprint density at radius 3 is 2.55 bits per heavy atom. The molecule has 0 aromatic heterocycles. The fourth-order valence-corrected chi connectivity index (χ4v) is 3.51. The van der Waals surface area contributed by atoms with Crippen LogP contribution >= 0.6 is 31.9 Å². The van der Waals surface area contributed by atoms with E-state index in [-0.39, 0.29) is 12.5 Å². The van der Waals surface area contributed by atoms with Gasteiger partial charge in [0.25, 0.3) is 0 Å². The number of amides is 1. The molecule has 122 valence electrons. The van der Waals surface area contributed by atoms with Crippen molar-refractivity contribution in [2.24, 2.45) is 0 Å². The summed E-state index contributed by atoms with van der Waals surface area (Å²) < 4.78 is 1.63. The Bertz CT molecular complexity index is 550. The molecule has 0 atom stereocenters. The monoisotopic (exact) mass is 434 g/mol. The second-order valence-electron chi connectivity index (χ2n) is 5.06. The molecule has 22 heavy (non-hydrogen) atoms. The van der Waals surface area contributed by atoms with Gasteiger partial charge in [-0.1, -0.05) is 29.3 Å². The van der Waals surface area contributed by atoms with Crippen LogP contribution in [-0.2, 0) is 16.1 Å². The molecule has 1 aromatic rings. The van der Waals surface area contributed by atoms with E-state index in [4.69, 9.17) is 5.11 Å². The lowest BCUT2D eigenvalue weighted by molar-refractivity contribution is -0.138. The number of carbonyl (C=O) groups excluding carboxylic acids is 1. The van der Waals surface area contributed by atoms with Crippen LogP contribution in [0.2, 0.25) is 0 Å². The van der Waals surface area contributed by atoms with Crippen LogP contribution in [0.25, 0.3) is 0 Å². The number of hydrogen-bond acceptors (Lipinski definition) is 3. The van der Waals surface area contributed by atoms with Crippen molar-refractivity contribution in [3.05, 3.63) is 26.6 Å². The number of aliphatic carboxylic acids is 1. The first-order valence-corrected chi connectivity index (χ1v) is 8.61. The molecule has 5 nitrogen and oxygen atoms in total. The number of hydrogen-bond donors (Lipinski definition) is 2. The third-order valence-electron chi connectivity index (χ3n) is 3.02. The summed E-state index contributed by atoms with van der Waals surface area (Å²) >= 11 is 6.87. The van der Waals surface area contributed by atoms with E-state index >= 15 is 0 Å². The predicted octanol–water partition coefficient (Wildman–Crippen LogP) is 3.86. The summed E-state index contributed by atoms with van der Waals surface area (Å²) in [5.41, 5.74) is 1.55. The lowest BCUT2D eigenvalue weighted by Gasteiger charge is -2.22. The first kappa shape index (κ1) is 19.1. The normalized spacial score (nSPS) is 10.8. The maximum Gasteiger partial charge on any atom is 0.317 e. The number of carboxylic acids is 1. The summed E-state index contributed by atoms with van der Waals surface area (Å²) in [6, 6.07) is 3.75. The number of carboxylic acid groups (broad SMARTS) is 1. The molecule has 0 aliphatic rings.